The molecule has 1 aliphatic carbocycles. The Bertz CT molecular complexity index is 687. The second kappa shape index (κ2) is 8.23. The molecule has 26 heavy (non-hydrogen) atoms. The van der Waals surface area contributed by atoms with Crippen molar-refractivity contribution in [2.75, 3.05) is 45.1 Å². The lowest BCUT2D eigenvalue weighted by atomic mass is 10.0. The lowest BCUT2D eigenvalue weighted by Crippen LogP contribution is -2.29. The van der Waals surface area contributed by atoms with Gasteiger partial charge in [-0.3, -0.25) is 9.59 Å². The Morgan fingerprint density at radius 3 is 2.08 bits per heavy atom. The van der Waals surface area contributed by atoms with Crippen LogP contribution < -0.4 is 0 Å². The Labute approximate surface area is 161 Å². The number of Topliss-reactive ketones (excluding diaryl/α,β-unsaturated/α-hetero) is 1. The standard InChI is InChI=1S/C12H13N3O2.C3H5Cl2O3P/c16-9-7-8(13-1-2-13)12(17)11(15-5-6-15)10(9)14-3-4-14;4-2-1-3(5)8-9(6)7/h7H,1-6H2;3H,1-2H2/p+1. The van der Waals surface area contributed by atoms with Gasteiger partial charge in [0.25, 0.3) is 0 Å². The monoisotopic (exact) mass is 422 g/mol. The van der Waals surface area contributed by atoms with Gasteiger partial charge in [-0.2, -0.15) is 0 Å². The van der Waals surface area contributed by atoms with Crippen LogP contribution in [0.5, 0.6) is 0 Å². The van der Waals surface area contributed by atoms with Gasteiger partial charge >= 0.3 is 8.25 Å². The van der Waals surface area contributed by atoms with Crippen LogP contribution in [-0.4, -0.2) is 81.9 Å². The van der Waals surface area contributed by atoms with E-state index in [1.807, 2.05) is 14.7 Å². The van der Waals surface area contributed by atoms with Crippen LogP contribution in [-0.2, 0) is 18.7 Å². The number of carbonyl (C=O) groups is 2. The van der Waals surface area contributed by atoms with Crippen LogP contribution in [0.2, 0.25) is 0 Å². The average Bonchev–Trinajstić information content (AvgIpc) is 3.43. The molecule has 1 N–H and O–H groups in total. The third-order valence-corrected chi connectivity index (χ3v) is 5.11. The highest BCUT2D eigenvalue weighted by Gasteiger charge is 2.43. The van der Waals surface area contributed by atoms with Crippen LogP contribution in [0, 0.1) is 0 Å². The molecule has 0 amide bonds. The number of carbonyl (C=O) groups excluding carboxylic acids is 2. The molecule has 0 aromatic rings. The van der Waals surface area contributed by atoms with Gasteiger partial charge in [-0.15, -0.1) is 16.5 Å². The van der Waals surface area contributed by atoms with E-state index in [1.165, 1.54) is 6.08 Å². The highest BCUT2D eigenvalue weighted by Crippen LogP contribution is 2.33. The molecule has 3 saturated heterocycles. The van der Waals surface area contributed by atoms with Crippen LogP contribution in [0.4, 0.5) is 0 Å². The van der Waals surface area contributed by atoms with Gasteiger partial charge in [0, 0.05) is 62.2 Å². The van der Waals surface area contributed by atoms with Crippen LogP contribution in [0.15, 0.2) is 23.2 Å². The Morgan fingerprint density at radius 2 is 1.62 bits per heavy atom. The topological polar surface area (TPSA) is 89.7 Å². The number of halogens is 2. The van der Waals surface area contributed by atoms with Gasteiger partial charge in [-0.1, -0.05) is 16.1 Å². The Balaban J connectivity index is 0.000000188. The normalized spacial score (nSPS) is 22.7. The van der Waals surface area contributed by atoms with Crippen molar-refractivity contribution in [2.24, 2.45) is 0 Å². The van der Waals surface area contributed by atoms with E-state index in [-0.39, 0.29) is 11.6 Å². The van der Waals surface area contributed by atoms with Crippen molar-refractivity contribution in [3.8, 4) is 0 Å². The summed E-state index contributed by atoms with van der Waals surface area (Å²) in [6.07, 6.45) is 1.89. The number of alkyl halides is 2. The quantitative estimate of drug-likeness (QED) is 0.281. The first-order valence-electron chi connectivity index (χ1n) is 8.25. The van der Waals surface area contributed by atoms with E-state index in [2.05, 4.69) is 4.52 Å². The molecule has 4 rings (SSSR count). The first-order valence-corrected chi connectivity index (χ1v) is 10.3. The molecule has 2 unspecified atom stereocenters. The highest BCUT2D eigenvalue weighted by atomic mass is 35.5. The fourth-order valence-corrected chi connectivity index (χ4v) is 3.44. The van der Waals surface area contributed by atoms with Crippen molar-refractivity contribution in [2.45, 2.75) is 12.0 Å². The summed E-state index contributed by atoms with van der Waals surface area (Å²) in [6.45, 7) is 5.41. The molecule has 0 radical (unpaired) electrons. The Hall–Kier alpha value is -1.18. The molecule has 3 fully saturated rings. The van der Waals surface area contributed by atoms with E-state index >= 15 is 0 Å². The lowest BCUT2D eigenvalue weighted by Gasteiger charge is -2.21. The number of hydrogen-bond acceptors (Lipinski definition) is 7. The summed E-state index contributed by atoms with van der Waals surface area (Å²) in [5.74, 6) is 0.365. The van der Waals surface area contributed by atoms with Crippen molar-refractivity contribution in [3.63, 3.8) is 0 Å². The minimum Gasteiger partial charge on any atom is -0.365 e. The lowest BCUT2D eigenvalue weighted by molar-refractivity contribution is -0.117. The first kappa shape index (κ1) is 19.6. The second-order valence-corrected chi connectivity index (χ2v) is 7.66. The maximum atomic E-state index is 12.4. The minimum absolute atomic E-state index is 0.00546. The Morgan fingerprint density at radius 1 is 1.08 bits per heavy atom. The summed E-state index contributed by atoms with van der Waals surface area (Å²) in [7, 11) is -2.59. The average molecular weight is 423 g/mol. The number of ketones is 2. The number of hydrogen-bond donors (Lipinski definition) is 1. The third-order valence-electron chi connectivity index (χ3n) is 4.03. The second-order valence-electron chi connectivity index (χ2n) is 6.11. The highest BCUT2D eigenvalue weighted by molar-refractivity contribution is 7.32. The molecule has 8 nitrogen and oxygen atoms in total. The van der Waals surface area contributed by atoms with Crippen molar-refractivity contribution >= 4 is 43.0 Å². The van der Waals surface area contributed by atoms with E-state index in [4.69, 9.17) is 28.1 Å². The molecule has 3 heterocycles. The molecule has 0 bridgehead atoms. The SMILES string of the molecule is O=C1C=C(N2CC2)C(=O)C(N2CC2)=C1N1CC1.O=[P+](O)OC(Cl)CCCl. The van der Waals surface area contributed by atoms with Crippen molar-refractivity contribution in [3.05, 3.63) is 23.2 Å². The Kier molecular flexibility index (Phi) is 6.20. The van der Waals surface area contributed by atoms with Crippen LogP contribution >= 0.6 is 31.5 Å². The van der Waals surface area contributed by atoms with Crippen LogP contribution in [0.3, 0.4) is 0 Å². The summed E-state index contributed by atoms with van der Waals surface area (Å²) in [6, 6.07) is 0. The van der Waals surface area contributed by atoms with Gasteiger partial charge in [0.15, 0.2) is 5.56 Å². The zero-order valence-electron chi connectivity index (χ0n) is 13.9. The van der Waals surface area contributed by atoms with Gasteiger partial charge in [0.05, 0.1) is 5.70 Å². The van der Waals surface area contributed by atoms with E-state index in [0.717, 1.165) is 39.3 Å². The molecule has 0 spiro atoms. The van der Waals surface area contributed by atoms with Gasteiger partial charge < -0.3 is 14.7 Å². The summed E-state index contributed by atoms with van der Waals surface area (Å²) < 4.78 is 14.1. The maximum Gasteiger partial charge on any atom is 0.696 e. The molecule has 4 aliphatic rings. The molecule has 0 saturated carbocycles. The van der Waals surface area contributed by atoms with Crippen molar-refractivity contribution in [1.82, 2.24) is 14.7 Å². The predicted molar refractivity (Wildman–Crippen MR) is 95.7 cm³/mol. The largest absolute Gasteiger partial charge is 0.696 e. The smallest absolute Gasteiger partial charge is 0.365 e. The van der Waals surface area contributed by atoms with Gasteiger partial charge in [0.2, 0.25) is 11.6 Å². The number of nitrogens with zero attached hydrogens (tertiary/aromatic N) is 3. The summed E-state index contributed by atoms with van der Waals surface area (Å²) >= 11 is 10.6. The zero-order chi connectivity index (χ0) is 18.8. The molecular weight excluding hydrogens is 404 g/mol. The van der Waals surface area contributed by atoms with Crippen LogP contribution in [0.25, 0.3) is 0 Å². The van der Waals surface area contributed by atoms with Gasteiger partial charge in [0.1, 0.15) is 11.4 Å². The molecule has 11 heteroatoms. The number of rotatable bonds is 7. The first-order chi connectivity index (χ1) is 12.4. The van der Waals surface area contributed by atoms with Gasteiger partial charge in [-0.25, -0.2) is 0 Å². The van der Waals surface area contributed by atoms with Gasteiger partial charge in [-0.05, 0) is 0 Å². The summed E-state index contributed by atoms with van der Waals surface area (Å²) in [5.41, 5.74) is 1.13. The predicted octanol–water partition coefficient (Wildman–Crippen LogP) is 1.03. The minimum atomic E-state index is -2.59. The molecule has 0 aromatic heterocycles. The fourth-order valence-electron chi connectivity index (χ4n) is 2.51. The maximum absolute atomic E-state index is 12.4. The molecule has 0 aromatic carbocycles. The van der Waals surface area contributed by atoms with Crippen LogP contribution in [0.1, 0.15) is 6.42 Å². The molecule has 142 valence electrons. The number of allylic oxidation sites excluding steroid dienone is 1. The van der Waals surface area contributed by atoms with E-state index in [9.17, 15) is 14.2 Å². The van der Waals surface area contributed by atoms with Crippen molar-refractivity contribution in [1.29, 1.82) is 0 Å². The summed E-state index contributed by atoms with van der Waals surface area (Å²) in [5, 5.41) is 0. The molecule has 3 aliphatic heterocycles. The fraction of sp³-hybridized carbons (Fsp3) is 0.600. The molecular formula is C15H19Cl2N3O5P+. The van der Waals surface area contributed by atoms with E-state index < -0.39 is 13.8 Å². The van der Waals surface area contributed by atoms with E-state index in [0.29, 0.717) is 29.4 Å². The zero-order valence-corrected chi connectivity index (χ0v) is 16.3. The van der Waals surface area contributed by atoms with E-state index in [1.54, 1.807) is 0 Å². The third kappa shape index (κ3) is 4.96. The molecule has 2 atom stereocenters. The van der Waals surface area contributed by atoms with Crippen molar-refractivity contribution < 1.29 is 23.6 Å². The summed E-state index contributed by atoms with van der Waals surface area (Å²) in [4.78, 5) is 38.6.